The lowest BCUT2D eigenvalue weighted by Gasteiger charge is -2.27. The summed E-state index contributed by atoms with van der Waals surface area (Å²) < 4.78 is 5.19. The molecule has 128 valence electrons. The van der Waals surface area contributed by atoms with E-state index in [1.54, 1.807) is 13.1 Å². The van der Waals surface area contributed by atoms with Crippen LogP contribution in [0.5, 0.6) is 0 Å². The number of hydrogen-bond acceptors (Lipinski definition) is 4. The van der Waals surface area contributed by atoms with Crippen LogP contribution in [0.3, 0.4) is 0 Å². The zero-order valence-corrected chi connectivity index (χ0v) is 13.5. The summed E-state index contributed by atoms with van der Waals surface area (Å²) in [5.41, 5.74) is -0.757. The van der Waals surface area contributed by atoms with Gasteiger partial charge in [-0.2, -0.15) is 0 Å². The van der Waals surface area contributed by atoms with Gasteiger partial charge in [0.25, 0.3) is 0 Å². The molecule has 0 saturated carbocycles. The molecule has 0 spiro atoms. The third kappa shape index (κ3) is 3.24. The summed E-state index contributed by atoms with van der Waals surface area (Å²) in [6, 6.07) is 7.31. The highest BCUT2D eigenvalue weighted by Gasteiger charge is 2.49. The van der Waals surface area contributed by atoms with E-state index >= 15 is 0 Å². The minimum absolute atomic E-state index is 0.209. The van der Waals surface area contributed by atoms with Crippen molar-refractivity contribution >= 4 is 29.3 Å². The fourth-order valence-electron chi connectivity index (χ4n) is 2.44. The van der Waals surface area contributed by atoms with E-state index in [1.807, 2.05) is 31.2 Å². The average Bonchev–Trinajstić information content (AvgIpc) is 2.97. The number of ether oxygens (including phenoxy) is 1. The van der Waals surface area contributed by atoms with Crippen LogP contribution in [0.2, 0.25) is 0 Å². The Bertz CT molecular complexity index is 754. The summed E-state index contributed by atoms with van der Waals surface area (Å²) in [4.78, 5) is 38.4. The summed E-state index contributed by atoms with van der Waals surface area (Å²) in [7, 11) is 0. The van der Waals surface area contributed by atoms with E-state index < -0.39 is 23.6 Å². The van der Waals surface area contributed by atoms with Gasteiger partial charge in [-0.05, 0) is 25.0 Å². The number of carboxylic acids is 1. The summed E-state index contributed by atoms with van der Waals surface area (Å²) in [6.45, 7) is 3.48. The highest BCUT2D eigenvalue weighted by Crippen LogP contribution is 2.24. The lowest BCUT2D eigenvalue weighted by atomic mass is 9.90. The third-order valence-corrected chi connectivity index (χ3v) is 4.03. The molecule has 7 nitrogen and oxygen atoms in total. The summed E-state index contributed by atoms with van der Waals surface area (Å²) in [6.07, 6.45) is 1.70. The van der Waals surface area contributed by atoms with E-state index in [-0.39, 0.29) is 12.8 Å². The van der Waals surface area contributed by atoms with Gasteiger partial charge in [-0.1, -0.05) is 25.1 Å². The topological polar surface area (TPSA) is 108 Å². The van der Waals surface area contributed by atoms with Crippen molar-refractivity contribution in [1.29, 1.82) is 0 Å². The number of amides is 1. The van der Waals surface area contributed by atoms with Crippen LogP contribution in [-0.4, -0.2) is 40.1 Å². The van der Waals surface area contributed by atoms with E-state index in [9.17, 15) is 19.5 Å². The number of H-pyrrole nitrogens is 1. The number of aromatic amines is 1. The van der Waals surface area contributed by atoms with Crippen molar-refractivity contribution in [2.75, 3.05) is 0 Å². The molecule has 0 aliphatic rings. The van der Waals surface area contributed by atoms with Gasteiger partial charge in [0.15, 0.2) is 0 Å². The van der Waals surface area contributed by atoms with Crippen LogP contribution in [0.1, 0.15) is 25.8 Å². The summed E-state index contributed by atoms with van der Waals surface area (Å²) in [5.74, 6) is -2.45. The van der Waals surface area contributed by atoms with Crippen LogP contribution < -0.4 is 5.32 Å². The second kappa shape index (κ2) is 7.16. The molecule has 7 heteroatoms. The van der Waals surface area contributed by atoms with E-state index in [1.165, 1.54) is 0 Å². The molecule has 1 aromatic carbocycles. The van der Waals surface area contributed by atoms with Crippen molar-refractivity contribution < 1.29 is 24.2 Å². The molecule has 1 amide bonds. The zero-order chi connectivity index (χ0) is 17.7. The molecule has 3 N–H and O–H groups in total. The van der Waals surface area contributed by atoms with Crippen molar-refractivity contribution in [2.45, 2.75) is 38.3 Å². The molecule has 0 radical (unpaired) electrons. The number of benzene rings is 1. The number of para-hydroxylation sites is 1. The van der Waals surface area contributed by atoms with Crippen LogP contribution in [-0.2, 0) is 25.5 Å². The number of aromatic nitrogens is 1. The van der Waals surface area contributed by atoms with Crippen LogP contribution in [0.4, 0.5) is 0 Å². The van der Waals surface area contributed by atoms with Crippen molar-refractivity contribution in [1.82, 2.24) is 10.3 Å². The smallest absolute Gasteiger partial charge is 0.344 e. The number of aliphatic carboxylic acids is 1. The third-order valence-electron chi connectivity index (χ3n) is 4.03. The lowest BCUT2D eigenvalue weighted by Crippen LogP contribution is -2.60. The monoisotopic (exact) mass is 332 g/mol. The molecule has 0 bridgehead atoms. The number of carbonyl (C=O) groups excluding carboxylic acids is 2. The Morgan fingerprint density at radius 3 is 2.75 bits per heavy atom. The number of hydrogen-bond donors (Lipinski definition) is 3. The summed E-state index contributed by atoms with van der Waals surface area (Å²) >= 11 is 0. The summed E-state index contributed by atoms with van der Waals surface area (Å²) in [5, 5.41) is 12.6. The van der Waals surface area contributed by atoms with Crippen molar-refractivity contribution in [3.05, 3.63) is 36.0 Å². The second-order valence-electron chi connectivity index (χ2n) is 5.63. The van der Waals surface area contributed by atoms with Crippen LogP contribution >= 0.6 is 0 Å². The molecule has 0 aliphatic carbocycles. The number of esters is 1. The van der Waals surface area contributed by atoms with Gasteiger partial charge < -0.3 is 20.1 Å². The lowest BCUT2D eigenvalue weighted by molar-refractivity contribution is -0.167. The second-order valence-corrected chi connectivity index (χ2v) is 5.63. The van der Waals surface area contributed by atoms with E-state index in [0.29, 0.717) is 12.0 Å². The van der Waals surface area contributed by atoms with Crippen LogP contribution in [0, 0.1) is 0 Å². The van der Waals surface area contributed by atoms with Crippen molar-refractivity contribution in [2.24, 2.45) is 0 Å². The number of carbonyl (C=O) groups is 3. The molecule has 0 aliphatic heterocycles. The Hall–Kier alpha value is -2.83. The largest absolute Gasteiger partial charge is 0.479 e. The molecule has 2 atom stereocenters. The Labute approximate surface area is 139 Å². The first-order valence-electron chi connectivity index (χ1n) is 7.65. The van der Waals surface area contributed by atoms with Crippen LogP contribution in [0.15, 0.2) is 30.5 Å². The fraction of sp³-hybridized carbons (Fsp3) is 0.353. The van der Waals surface area contributed by atoms with E-state index in [0.717, 1.165) is 10.9 Å². The minimum atomic E-state index is -2.17. The van der Waals surface area contributed by atoms with E-state index in [4.69, 9.17) is 4.74 Å². The molecule has 2 unspecified atom stereocenters. The normalized spacial score (nSPS) is 14.6. The number of nitrogens with one attached hydrogen (secondary N) is 2. The van der Waals surface area contributed by atoms with Gasteiger partial charge in [-0.15, -0.1) is 0 Å². The molecular weight excluding hydrogens is 312 g/mol. The molecule has 24 heavy (non-hydrogen) atoms. The first kappa shape index (κ1) is 17.5. The molecule has 0 fully saturated rings. The van der Waals surface area contributed by atoms with Crippen molar-refractivity contribution in [3.8, 4) is 0 Å². The predicted octanol–water partition coefficient (Wildman–Crippen LogP) is 1.62. The Kier molecular flexibility index (Phi) is 5.23. The molecule has 0 saturated heterocycles. The highest BCUT2D eigenvalue weighted by atomic mass is 16.5. The van der Waals surface area contributed by atoms with E-state index in [2.05, 4.69) is 10.3 Å². The number of rotatable bonds is 8. The molecular formula is C17H20N2O5. The first-order valence-corrected chi connectivity index (χ1v) is 7.65. The van der Waals surface area contributed by atoms with Gasteiger partial charge in [0.05, 0.1) is 6.10 Å². The zero-order valence-electron chi connectivity index (χ0n) is 13.5. The van der Waals surface area contributed by atoms with Gasteiger partial charge in [0, 0.05) is 23.5 Å². The Morgan fingerprint density at radius 1 is 1.42 bits per heavy atom. The Morgan fingerprint density at radius 2 is 2.12 bits per heavy atom. The van der Waals surface area contributed by atoms with Gasteiger partial charge in [0.1, 0.15) is 0 Å². The van der Waals surface area contributed by atoms with Crippen molar-refractivity contribution in [3.63, 3.8) is 0 Å². The molecule has 1 aromatic heterocycles. The maximum absolute atomic E-state index is 12.5. The molecule has 2 aromatic rings. The maximum Gasteiger partial charge on any atom is 0.344 e. The van der Waals surface area contributed by atoms with Gasteiger partial charge >= 0.3 is 11.9 Å². The van der Waals surface area contributed by atoms with Crippen LogP contribution in [0.25, 0.3) is 10.9 Å². The maximum atomic E-state index is 12.5. The first-order chi connectivity index (χ1) is 11.4. The average molecular weight is 332 g/mol. The number of carboxylic acid groups (broad SMARTS) is 1. The highest BCUT2D eigenvalue weighted by molar-refractivity contribution is 6.06. The standard InChI is InChI=1S/C17H20N2O5/c1-3-11(2)24-16(23)17(15(21)22,19-10-20)8-12-9-18-14-7-5-4-6-13(12)14/h4-7,9-11,18H,3,8H2,1-2H3,(H,19,20)(H,21,22). The van der Waals surface area contributed by atoms with Gasteiger partial charge in [-0.25, -0.2) is 9.59 Å². The number of fused-ring (bicyclic) bond motifs is 1. The molecule has 1 heterocycles. The Balaban J connectivity index is 2.43. The quantitative estimate of drug-likeness (QED) is 0.387. The minimum Gasteiger partial charge on any atom is -0.479 e. The molecule has 2 rings (SSSR count). The SMILES string of the molecule is CCC(C)OC(=O)C(Cc1c[nH]c2ccccc12)(NC=O)C(=O)O. The van der Waals surface area contributed by atoms with Gasteiger partial charge in [-0.3, -0.25) is 4.79 Å². The van der Waals surface area contributed by atoms with Gasteiger partial charge in [0.2, 0.25) is 11.9 Å². The fourth-order valence-corrected chi connectivity index (χ4v) is 2.44. The predicted molar refractivity (Wildman–Crippen MR) is 87.4 cm³/mol.